The number of benzene rings is 2. The van der Waals surface area contributed by atoms with Crippen molar-refractivity contribution in [1.82, 2.24) is 5.32 Å². The van der Waals surface area contributed by atoms with E-state index in [9.17, 15) is 22.8 Å². The van der Waals surface area contributed by atoms with Crippen molar-refractivity contribution in [3.63, 3.8) is 0 Å². The van der Waals surface area contributed by atoms with Gasteiger partial charge in [0.05, 0.1) is 19.3 Å². The molecule has 0 saturated carbocycles. The average Bonchev–Trinajstić information content (AvgIpc) is 2.86. The second-order valence-corrected chi connectivity index (χ2v) is 8.91. The fourth-order valence-corrected chi connectivity index (χ4v) is 4.89. The van der Waals surface area contributed by atoms with Crippen molar-refractivity contribution in [2.45, 2.75) is 44.9 Å². The Morgan fingerprint density at radius 2 is 1.95 bits per heavy atom. The number of esters is 1. The number of ether oxygens (including phenoxy) is 3. The fourth-order valence-electron chi connectivity index (χ4n) is 4.89. The van der Waals surface area contributed by atoms with Crippen LogP contribution < -0.4 is 14.8 Å². The zero-order valence-electron chi connectivity index (χ0n) is 20.6. The summed E-state index contributed by atoms with van der Waals surface area (Å²) in [6.07, 6.45) is -2.75. The Morgan fingerprint density at radius 3 is 2.65 bits per heavy atom. The van der Waals surface area contributed by atoms with Crippen LogP contribution in [0.3, 0.4) is 0 Å². The van der Waals surface area contributed by atoms with E-state index in [4.69, 9.17) is 14.2 Å². The van der Waals surface area contributed by atoms with Gasteiger partial charge in [-0.3, -0.25) is 9.59 Å². The van der Waals surface area contributed by atoms with Crippen molar-refractivity contribution >= 4 is 11.8 Å². The average molecular weight is 516 g/mol. The van der Waals surface area contributed by atoms with Gasteiger partial charge in [0, 0.05) is 34.9 Å². The van der Waals surface area contributed by atoms with Gasteiger partial charge in [0.1, 0.15) is 24.0 Å². The first-order valence-corrected chi connectivity index (χ1v) is 12.0. The quantitative estimate of drug-likeness (QED) is 0.479. The minimum atomic E-state index is -4.49. The number of rotatable bonds is 7. The first kappa shape index (κ1) is 26.3. The molecule has 2 unspecified atom stereocenters. The van der Waals surface area contributed by atoms with E-state index >= 15 is 0 Å². The maximum Gasteiger partial charge on any atom is 0.416 e. The maximum atomic E-state index is 13.1. The second-order valence-electron chi connectivity index (χ2n) is 8.91. The van der Waals surface area contributed by atoms with Crippen molar-refractivity contribution in [2.75, 3.05) is 13.7 Å². The number of methoxy groups -OCH3 is 1. The molecule has 1 aliphatic carbocycles. The van der Waals surface area contributed by atoms with Crippen molar-refractivity contribution in [1.29, 1.82) is 0 Å². The summed E-state index contributed by atoms with van der Waals surface area (Å²) in [5.74, 6) is -1.49. The van der Waals surface area contributed by atoms with Crippen LogP contribution in [0, 0.1) is 5.92 Å². The number of hydrogen-bond acceptors (Lipinski definition) is 6. The largest absolute Gasteiger partial charge is 0.496 e. The number of ketones is 1. The summed E-state index contributed by atoms with van der Waals surface area (Å²) in [6, 6.07) is 9.85. The molecule has 1 aliphatic heterocycles. The Balaban J connectivity index is 1.72. The van der Waals surface area contributed by atoms with Gasteiger partial charge in [-0.15, -0.1) is 0 Å². The van der Waals surface area contributed by atoms with Crippen LogP contribution in [0.1, 0.15) is 48.8 Å². The predicted molar refractivity (Wildman–Crippen MR) is 130 cm³/mol. The summed E-state index contributed by atoms with van der Waals surface area (Å²) in [5, 5.41) is 3.16. The van der Waals surface area contributed by atoms with Crippen molar-refractivity contribution in [3.8, 4) is 11.5 Å². The van der Waals surface area contributed by atoms with Gasteiger partial charge in [-0.25, -0.2) is 0 Å². The van der Waals surface area contributed by atoms with E-state index in [2.05, 4.69) is 11.9 Å². The van der Waals surface area contributed by atoms with Crippen LogP contribution in [0.25, 0.3) is 0 Å². The highest BCUT2D eigenvalue weighted by Crippen LogP contribution is 2.45. The molecule has 9 heteroatoms. The van der Waals surface area contributed by atoms with Crippen molar-refractivity contribution < 1.29 is 37.0 Å². The van der Waals surface area contributed by atoms with Gasteiger partial charge in [0.15, 0.2) is 5.78 Å². The molecule has 0 aromatic heterocycles. The third kappa shape index (κ3) is 5.50. The van der Waals surface area contributed by atoms with E-state index in [1.807, 2.05) is 0 Å². The Labute approximate surface area is 213 Å². The standard InChI is InChI=1S/C28H28F3NO5/c1-4-36-27(34)24-16(2)32-21-9-6-10-22(33)26(21)25(24)17-11-12-23(35-3)18(13-17)15-37-20-8-5-7-19(14-20)28(29,30)31/h5,7-8,11-14,24-25,32H,2,4,6,9-10,15H2,1,3H3. The summed E-state index contributed by atoms with van der Waals surface area (Å²) >= 11 is 0. The van der Waals surface area contributed by atoms with Gasteiger partial charge in [-0.2, -0.15) is 13.2 Å². The zero-order valence-corrected chi connectivity index (χ0v) is 20.6. The molecule has 0 amide bonds. The van der Waals surface area contributed by atoms with E-state index in [0.717, 1.165) is 17.8 Å². The molecule has 0 fully saturated rings. The number of carbonyl (C=O) groups is 2. The molecule has 0 bridgehead atoms. The van der Waals surface area contributed by atoms with Crippen LogP contribution in [0.15, 0.2) is 66.0 Å². The number of nitrogens with one attached hydrogen (secondary N) is 1. The van der Waals surface area contributed by atoms with Crippen LogP contribution in [0.5, 0.6) is 11.5 Å². The summed E-state index contributed by atoms with van der Waals surface area (Å²) in [6.45, 7) is 5.84. The Hall–Kier alpha value is -3.75. The first-order valence-electron chi connectivity index (χ1n) is 12.0. The molecule has 2 aromatic carbocycles. The number of hydrogen-bond donors (Lipinski definition) is 1. The fraction of sp³-hybridized carbons (Fsp3) is 0.357. The predicted octanol–water partition coefficient (Wildman–Crippen LogP) is 5.68. The Bertz CT molecular complexity index is 1250. The van der Waals surface area contributed by atoms with Crippen molar-refractivity contribution in [2.24, 2.45) is 5.92 Å². The molecular formula is C28H28F3NO5. The molecule has 6 nitrogen and oxygen atoms in total. The highest BCUT2D eigenvalue weighted by atomic mass is 19.4. The van der Waals surface area contributed by atoms with Gasteiger partial charge in [0.2, 0.25) is 0 Å². The van der Waals surface area contributed by atoms with E-state index in [-0.39, 0.29) is 24.7 Å². The summed E-state index contributed by atoms with van der Waals surface area (Å²) in [4.78, 5) is 26.1. The van der Waals surface area contributed by atoms with Gasteiger partial charge in [-0.05, 0) is 55.7 Å². The molecule has 196 valence electrons. The lowest BCUT2D eigenvalue weighted by molar-refractivity contribution is -0.147. The monoisotopic (exact) mass is 515 g/mol. The van der Waals surface area contributed by atoms with Crippen LogP contribution in [0.2, 0.25) is 0 Å². The summed E-state index contributed by atoms with van der Waals surface area (Å²) in [5.41, 5.74) is 2.14. The van der Waals surface area contributed by atoms with Crippen LogP contribution >= 0.6 is 0 Å². The lowest BCUT2D eigenvalue weighted by atomic mass is 9.71. The molecule has 1 heterocycles. The topological polar surface area (TPSA) is 73.9 Å². The van der Waals surface area contributed by atoms with Gasteiger partial charge < -0.3 is 19.5 Å². The highest BCUT2D eigenvalue weighted by molar-refractivity contribution is 6.00. The molecule has 37 heavy (non-hydrogen) atoms. The molecule has 4 rings (SSSR count). The second kappa shape index (κ2) is 10.7. The van der Waals surface area contributed by atoms with E-state index < -0.39 is 29.5 Å². The molecular weight excluding hydrogens is 487 g/mol. The normalized spacial score (nSPS) is 19.7. The molecule has 1 N–H and O–H groups in total. The Morgan fingerprint density at radius 1 is 1.16 bits per heavy atom. The van der Waals surface area contributed by atoms with Crippen LogP contribution in [-0.4, -0.2) is 25.5 Å². The van der Waals surface area contributed by atoms with Crippen molar-refractivity contribution in [3.05, 3.63) is 82.7 Å². The van der Waals surface area contributed by atoms with E-state index in [1.54, 1.807) is 25.1 Å². The lowest BCUT2D eigenvalue weighted by Gasteiger charge is -2.38. The molecule has 0 saturated heterocycles. The minimum absolute atomic E-state index is 0.0434. The van der Waals surface area contributed by atoms with Gasteiger partial charge in [-0.1, -0.05) is 18.7 Å². The van der Waals surface area contributed by atoms with E-state index in [0.29, 0.717) is 47.4 Å². The van der Waals surface area contributed by atoms with Gasteiger partial charge in [0.25, 0.3) is 0 Å². The smallest absolute Gasteiger partial charge is 0.416 e. The third-order valence-electron chi connectivity index (χ3n) is 6.55. The lowest BCUT2D eigenvalue weighted by Crippen LogP contribution is -2.41. The molecule has 2 atom stereocenters. The number of alkyl halides is 3. The molecule has 2 aliphatic rings. The van der Waals surface area contributed by atoms with E-state index in [1.165, 1.54) is 19.2 Å². The molecule has 0 spiro atoms. The summed E-state index contributed by atoms with van der Waals surface area (Å²) < 4.78 is 55.8. The number of carbonyl (C=O) groups excluding carboxylic acids is 2. The minimum Gasteiger partial charge on any atom is -0.496 e. The van der Waals surface area contributed by atoms with Crippen LogP contribution in [0.4, 0.5) is 13.2 Å². The molecule has 0 radical (unpaired) electrons. The number of allylic oxidation sites excluding steroid dienone is 2. The first-order chi connectivity index (χ1) is 17.6. The summed E-state index contributed by atoms with van der Waals surface area (Å²) in [7, 11) is 1.47. The zero-order chi connectivity index (χ0) is 26.7. The van der Waals surface area contributed by atoms with Crippen LogP contribution in [-0.2, 0) is 27.1 Å². The Kier molecular flexibility index (Phi) is 7.61. The SMILES string of the molecule is C=C1NC2=C(C(=O)CCC2)C(c2ccc(OC)c(COc3cccc(C(F)(F)F)c3)c2)C1C(=O)OCC. The number of halogens is 3. The van der Waals surface area contributed by atoms with Gasteiger partial charge >= 0.3 is 12.1 Å². The molecule has 2 aromatic rings. The number of Topliss-reactive ketones (excluding diaryl/α,β-unsaturated/α-hetero) is 1. The maximum absolute atomic E-state index is 13.1. The third-order valence-corrected chi connectivity index (χ3v) is 6.55. The highest BCUT2D eigenvalue weighted by Gasteiger charge is 2.44.